The van der Waals surface area contributed by atoms with Crippen LogP contribution >= 0.6 is 0 Å². The van der Waals surface area contributed by atoms with Crippen molar-refractivity contribution in [3.05, 3.63) is 0 Å². The molecule has 0 bridgehead atoms. The van der Waals surface area contributed by atoms with Gasteiger partial charge in [0.1, 0.15) is 6.11 Å². The van der Waals surface area contributed by atoms with Crippen LogP contribution < -0.4 is 0 Å². The minimum absolute atomic E-state index is 0.336. The largest absolute Gasteiger partial charge is 0.372 e. The Morgan fingerprint density at radius 3 is 2.50 bits per heavy atom. The number of esters is 1. The summed E-state index contributed by atoms with van der Waals surface area (Å²) in [5, 5.41) is 0. The highest BCUT2D eigenvalue weighted by atomic mass is 16.5. The quantitative estimate of drug-likeness (QED) is 0.429. The standard InChI is InChI=1S/C8H12O2/c1-5-8(3,4)7(9)10-6-2/h2H,5H2,1,3-4H3. The summed E-state index contributed by atoms with van der Waals surface area (Å²) in [4.78, 5) is 10.9. The van der Waals surface area contributed by atoms with E-state index in [9.17, 15) is 4.79 Å². The zero-order valence-electron chi connectivity index (χ0n) is 6.60. The summed E-state index contributed by atoms with van der Waals surface area (Å²) < 4.78 is 4.39. The lowest BCUT2D eigenvalue weighted by molar-refractivity contribution is -0.146. The van der Waals surface area contributed by atoms with Crippen LogP contribution in [-0.2, 0) is 9.53 Å². The topological polar surface area (TPSA) is 26.3 Å². The fourth-order valence-electron chi connectivity index (χ4n) is 0.336. The number of terminal acetylenes is 1. The molecule has 0 spiro atoms. The van der Waals surface area contributed by atoms with Gasteiger partial charge in [-0.1, -0.05) is 13.3 Å². The van der Waals surface area contributed by atoms with Gasteiger partial charge >= 0.3 is 5.97 Å². The van der Waals surface area contributed by atoms with Crippen molar-refractivity contribution in [1.29, 1.82) is 0 Å². The van der Waals surface area contributed by atoms with Crippen LogP contribution in [0.2, 0.25) is 0 Å². The van der Waals surface area contributed by atoms with E-state index in [1.54, 1.807) is 13.8 Å². The van der Waals surface area contributed by atoms with Gasteiger partial charge in [0.05, 0.1) is 5.41 Å². The average Bonchev–Trinajstić information content (AvgIpc) is 1.89. The number of carbonyl (C=O) groups is 1. The van der Waals surface area contributed by atoms with Crippen LogP contribution in [0.4, 0.5) is 0 Å². The molecule has 0 unspecified atom stereocenters. The van der Waals surface area contributed by atoms with Crippen LogP contribution in [0, 0.1) is 17.9 Å². The Morgan fingerprint density at radius 1 is 1.70 bits per heavy atom. The summed E-state index contributed by atoms with van der Waals surface area (Å²) in [6.07, 6.45) is 7.38. The van der Waals surface area contributed by atoms with Crippen molar-refractivity contribution in [2.45, 2.75) is 27.2 Å². The zero-order valence-corrected chi connectivity index (χ0v) is 6.60. The maximum atomic E-state index is 10.9. The molecule has 0 aliphatic rings. The lowest BCUT2D eigenvalue weighted by Gasteiger charge is -2.16. The first kappa shape index (κ1) is 9.03. The normalized spacial score (nSPS) is 10.2. The SMILES string of the molecule is C#COC(=O)C(C)(C)CC. The Hall–Kier alpha value is -0.970. The second-order valence-electron chi connectivity index (χ2n) is 2.74. The lowest BCUT2D eigenvalue weighted by atomic mass is 9.91. The van der Waals surface area contributed by atoms with Crippen molar-refractivity contribution in [2.24, 2.45) is 5.41 Å². The molecule has 0 heterocycles. The van der Waals surface area contributed by atoms with Gasteiger partial charge in [0.25, 0.3) is 0 Å². The molecule has 0 aromatic rings. The molecule has 0 aromatic heterocycles. The van der Waals surface area contributed by atoms with Crippen LogP contribution in [0.5, 0.6) is 0 Å². The Labute approximate surface area is 61.6 Å². The van der Waals surface area contributed by atoms with Gasteiger partial charge in [0.2, 0.25) is 0 Å². The summed E-state index contributed by atoms with van der Waals surface area (Å²) >= 11 is 0. The second-order valence-corrected chi connectivity index (χ2v) is 2.74. The molecule has 56 valence electrons. The predicted octanol–water partition coefficient (Wildman–Crippen LogP) is 1.56. The molecule has 0 radical (unpaired) electrons. The zero-order chi connectivity index (χ0) is 8.20. The Kier molecular flexibility index (Phi) is 2.95. The lowest BCUT2D eigenvalue weighted by Crippen LogP contribution is -2.24. The summed E-state index contributed by atoms with van der Waals surface area (Å²) in [5.74, 6) is -0.336. The summed E-state index contributed by atoms with van der Waals surface area (Å²) in [6.45, 7) is 5.51. The van der Waals surface area contributed by atoms with Gasteiger partial charge < -0.3 is 4.74 Å². The van der Waals surface area contributed by atoms with Crippen LogP contribution in [0.15, 0.2) is 0 Å². The molecule has 0 saturated heterocycles. The second kappa shape index (κ2) is 3.26. The summed E-state index contributed by atoms with van der Waals surface area (Å²) in [5.41, 5.74) is -0.452. The molecule has 0 amide bonds. The highest BCUT2D eigenvalue weighted by Crippen LogP contribution is 2.20. The maximum Gasteiger partial charge on any atom is 0.325 e. The van der Waals surface area contributed by atoms with Gasteiger partial charge in [0.15, 0.2) is 0 Å². The van der Waals surface area contributed by atoms with Crippen LogP contribution in [0.25, 0.3) is 0 Å². The minimum Gasteiger partial charge on any atom is -0.372 e. The van der Waals surface area contributed by atoms with Crippen molar-refractivity contribution in [3.63, 3.8) is 0 Å². The van der Waals surface area contributed by atoms with Crippen LogP contribution in [0.3, 0.4) is 0 Å². The molecule has 2 heteroatoms. The van der Waals surface area contributed by atoms with E-state index >= 15 is 0 Å². The van der Waals surface area contributed by atoms with E-state index < -0.39 is 5.41 Å². The predicted molar refractivity (Wildman–Crippen MR) is 39.0 cm³/mol. The Bertz CT molecular complexity index is 163. The van der Waals surface area contributed by atoms with Crippen molar-refractivity contribution in [1.82, 2.24) is 0 Å². The Balaban J connectivity index is 4.08. The van der Waals surface area contributed by atoms with Gasteiger partial charge in [-0.05, 0) is 20.3 Å². The number of carbonyl (C=O) groups excluding carboxylic acids is 1. The molecule has 0 aliphatic carbocycles. The van der Waals surface area contributed by atoms with Crippen molar-refractivity contribution < 1.29 is 9.53 Å². The molecule has 0 aromatic carbocycles. The molecular weight excluding hydrogens is 128 g/mol. The van der Waals surface area contributed by atoms with E-state index in [0.717, 1.165) is 6.42 Å². The highest BCUT2D eigenvalue weighted by molar-refractivity contribution is 5.76. The molecule has 0 fully saturated rings. The average molecular weight is 140 g/mol. The number of hydrogen-bond acceptors (Lipinski definition) is 2. The first-order chi connectivity index (χ1) is 4.54. The molecule has 0 saturated carbocycles. The smallest absolute Gasteiger partial charge is 0.325 e. The molecular formula is C8H12O2. The third kappa shape index (κ3) is 2.10. The number of hydrogen-bond donors (Lipinski definition) is 0. The first-order valence-corrected chi connectivity index (χ1v) is 3.21. The van der Waals surface area contributed by atoms with Gasteiger partial charge in [0, 0.05) is 0 Å². The van der Waals surface area contributed by atoms with Gasteiger partial charge in [-0.3, -0.25) is 4.79 Å². The molecule has 2 nitrogen and oxygen atoms in total. The minimum atomic E-state index is -0.452. The molecule has 10 heavy (non-hydrogen) atoms. The number of rotatable bonds is 2. The van der Waals surface area contributed by atoms with Gasteiger partial charge in [-0.25, -0.2) is 0 Å². The first-order valence-electron chi connectivity index (χ1n) is 3.21. The van der Waals surface area contributed by atoms with E-state index in [4.69, 9.17) is 6.42 Å². The summed E-state index contributed by atoms with van der Waals surface area (Å²) in [6, 6.07) is 0. The summed E-state index contributed by atoms with van der Waals surface area (Å²) in [7, 11) is 0. The molecule has 0 N–H and O–H groups in total. The fraction of sp³-hybridized carbons (Fsp3) is 0.625. The maximum absolute atomic E-state index is 10.9. The molecule has 0 aliphatic heterocycles. The van der Waals surface area contributed by atoms with Crippen LogP contribution in [-0.4, -0.2) is 5.97 Å². The fourth-order valence-corrected chi connectivity index (χ4v) is 0.336. The van der Waals surface area contributed by atoms with E-state index in [1.807, 2.05) is 13.0 Å². The van der Waals surface area contributed by atoms with Crippen molar-refractivity contribution in [3.8, 4) is 12.5 Å². The van der Waals surface area contributed by atoms with E-state index in [-0.39, 0.29) is 5.97 Å². The Morgan fingerprint density at radius 2 is 2.20 bits per heavy atom. The van der Waals surface area contributed by atoms with E-state index in [1.165, 1.54) is 0 Å². The third-order valence-corrected chi connectivity index (χ3v) is 1.59. The monoisotopic (exact) mass is 140 g/mol. The van der Waals surface area contributed by atoms with Crippen LogP contribution in [0.1, 0.15) is 27.2 Å². The van der Waals surface area contributed by atoms with E-state index in [0.29, 0.717) is 0 Å². The number of ether oxygens (including phenoxy) is 1. The third-order valence-electron chi connectivity index (χ3n) is 1.59. The molecule has 0 atom stereocenters. The highest BCUT2D eigenvalue weighted by Gasteiger charge is 2.26. The van der Waals surface area contributed by atoms with Gasteiger partial charge in [-0.2, -0.15) is 0 Å². The van der Waals surface area contributed by atoms with Crippen molar-refractivity contribution in [2.75, 3.05) is 0 Å². The molecule has 0 rings (SSSR count). The van der Waals surface area contributed by atoms with Gasteiger partial charge in [-0.15, -0.1) is 0 Å². The van der Waals surface area contributed by atoms with Crippen molar-refractivity contribution >= 4 is 5.97 Å². The van der Waals surface area contributed by atoms with E-state index in [2.05, 4.69) is 4.74 Å².